The highest BCUT2D eigenvalue weighted by atomic mass is 35.5. The highest BCUT2D eigenvalue weighted by Crippen LogP contribution is 2.25. The molecule has 2 aromatic rings. The van der Waals surface area contributed by atoms with Gasteiger partial charge in [-0.15, -0.1) is 0 Å². The molecule has 0 aliphatic heterocycles. The lowest BCUT2D eigenvalue weighted by Crippen LogP contribution is -2.38. The van der Waals surface area contributed by atoms with Crippen molar-refractivity contribution in [1.82, 2.24) is 9.88 Å². The number of halogens is 1. The number of aromatic nitrogens is 1. The van der Waals surface area contributed by atoms with Gasteiger partial charge >= 0.3 is 0 Å². The monoisotopic (exact) mass is 377 g/mol. The van der Waals surface area contributed by atoms with Crippen LogP contribution in [0.1, 0.15) is 30.5 Å². The molecule has 0 amide bonds. The molecule has 6 heteroatoms. The molecule has 0 saturated carbocycles. The Labute approximate surface area is 160 Å². The third kappa shape index (κ3) is 5.66. The molecule has 1 heterocycles. The quantitative estimate of drug-likeness (QED) is 0.552. The van der Waals surface area contributed by atoms with Gasteiger partial charge in [0.1, 0.15) is 0 Å². The molecular formula is C19H24ClN3OS. The molecule has 1 aromatic carbocycles. The molecule has 0 bridgehead atoms. The fourth-order valence-corrected chi connectivity index (χ4v) is 3.22. The standard InChI is InChI=1S/C19H24ClN3OS/c1-14-5-6-18(17(20)13-14)22-19(25)23(11-4-12-24-3)15(2)16-7-9-21-10-8-16/h5-10,13,15H,4,11-12H2,1-3H3,(H,22,25)/t15-/m0/s1. The zero-order valence-electron chi connectivity index (χ0n) is 14.8. The van der Waals surface area contributed by atoms with Gasteiger partial charge in [-0.2, -0.15) is 0 Å². The summed E-state index contributed by atoms with van der Waals surface area (Å²) in [6.45, 7) is 5.61. The fourth-order valence-electron chi connectivity index (χ4n) is 2.58. The van der Waals surface area contributed by atoms with Crippen molar-refractivity contribution in [3.05, 3.63) is 58.9 Å². The third-order valence-corrected chi connectivity index (χ3v) is 4.68. The number of aryl methyl sites for hydroxylation is 1. The average molecular weight is 378 g/mol. The van der Waals surface area contributed by atoms with Gasteiger partial charge in [0.15, 0.2) is 5.11 Å². The van der Waals surface area contributed by atoms with E-state index < -0.39 is 0 Å². The van der Waals surface area contributed by atoms with Crippen LogP contribution in [0.5, 0.6) is 0 Å². The molecule has 25 heavy (non-hydrogen) atoms. The third-order valence-electron chi connectivity index (χ3n) is 4.03. The van der Waals surface area contributed by atoms with Crippen LogP contribution in [0.4, 0.5) is 5.69 Å². The first-order valence-corrected chi connectivity index (χ1v) is 9.04. The van der Waals surface area contributed by atoms with Crippen LogP contribution >= 0.6 is 23.8 Å². The highest BCUT2D eigenvalue weighted by Gasteiger charge is 2.19. The Morgan fingerprint density at radius 3 is 2.68 bits per heavy atom. The molecule has 0 radical (unpaired) electrons. The molecule has 4 nitrogen and oxygen atoms in total. The summed E-state index contributed by atoms with van der Waals surface area (Å²) in [4.78, 5) is 6.24. The normalized spacial score (nSPS) is 11.8. The van der Waals surface area contributed by atoms with Crippen LogP contribution in [0.15, 0.2) is 42.7 Å². The van der Waals surface area contributed by atoms with Crippen molar-refractivity contribution in [1.29, 1.82) is 0 Å². The Bertz CT molecular complexity index is 696. The number of pyridine rings is 1. The second-order valence-electron chi connectivity index (χ2n) is 5.91. The number of anilines is 1. The zero-order chi connectivity index (χ0) is 18.2. The van der Waals surface area contributed by atoms with Gasteiger partial charge in [-0.05, 0) is 67.9 Å². The number of rotatable bonds is 7. The van der Waals surface area contributed by atoms with E-state index in [2.05, 4.69) is 22.1 Å². The summed E-state index contributed by atoms with van der Waals surface area (Å²) in [6.07, 6.45) is 4.48. The molecule has 1 aromatic heterocycles. The van der Waals surface area contributed by atoms with E-state index in [1.807, 2.05) is 37.3 Å². The Hall–Kier alpha value is -1.69. The van der Waals surface area contributed by atoms with Gasteiger partial charge in [-0.25, -0.2) is 0 Å². The van der Waals surface area contributed by atoms with Crippen LogP contribution in [0, 0.1) is 6.92 Å². The largest absolute Gasteiger partial charge is 0.385 e. The molecule has 1 N–H and O–H groups in total. The van der Waals surface area contributed by atoms with Crippen LogP contribution in [-0.2, 0) is 4.74 Å². The van der Waals surface area contributed by atoms with Gasteiger partial charge in [-0.3, -0.25) is 4.98 Å². The maximum atomic E-state index is 6.33. The minimum absolute atomic E-state index is 0.115. The molecule has 0 aliphatic carbocycles. The van der Waals surface area contributed by atoms with Gasteiger partial charge in [-0.1, -0.05) is 17.7 Å². The second kappa shape index (κ2) is 9.70. The van der Waals surface area contributed by atoms with Gasteiger partial charge in [0, 0.05) is 32.7 Å². The lowest BCUT2D eigenvalue weighted by atomic mass is 10.1. The molecular weight excluding hydrogens is 354 g/mol. The predicted molar refractivity (Wildman–Crippen MR) is 108 cm³/mol. The second-order valence-corrected chi connectivity index (χ2v) is 6.70. The number of thiocarbonyl (C=S) groups is 1. The minimum Gasteiger partial charge on any atom is -0.385 e. The van der Waals surface area contributed by atoms with Crippen LogP contribution in [0.25, 0.3) is 0 Å². The summed E-state index contributed by atoms with van der Waals surface area (Å²) in [5.74, 6) is 0. The zero-order valence-corrected chi connectivity index (χ0v) is 16.4. The summed E-state index contributed by atoms with van der Waals surface area (Å²) in [5, 5.41) is 4.59. The number of nitrogens with one attached hydrogen (secondary N) is 1. The topological polar surface area (TPSA) is 37.4 Å². The molecule has 0 aliphatic rings. The van der Waals surface area contributed by atoms with E-state index in [1.165, 1.54) is 0 Å². The number of benzene rings is 1. The van der Waals surface area contributed by atoms with E-state index in [0.717, 1.165) is 29.8 Å². The van der Waals surface area contributed by atoms with Gasteiger partial charge in [0.05, 0.1) is 16.8 Å². The molecule has 1 atom stereocenters. The van der Waals surface area contributed by atoms with E-state index in [0.29, 0.717) is 16.7 Å². The molecule has 2 rings (SSSR count). The number of ether oxygens (including phenoxy) is 1. The summed E-state index contributed by atoms with van der Waals surface area (Å²) in [7, 11) is 1.71. The lowest BCUT2D eigenvalue weighted by Gasteiger charge is -2.32. The van der Waals surface area contributed by atoms with Crippen LogP contribution in [0.3, 0.4) is 0 Å². The van der Waals surface area contributed by atoms with Crippen LogP contribution < -0.4 is 5.32 Å². The van der Waals surface area contributed by atoms with Crippen molar-refractivity contribution in [2.75, 3.05) is 25.6 Å². The van der Waals surface area contributed by atoms with Crippen LogP contribution in [0.2, 0.25) is 5.02 Å². The Morgan fingerprint density at radius 2 is 2.04 bits per heavy atom. The number of hydrogen-bond donors (Lipinski definition) is 1. The number of nitrogens with zero attached hydrogens (tertiary/aromatic N) is 2. The summed E-state index contributed by atoms with van der Waals surface area (Å²) in [6, 6.07) is 10.0. The van der Waals surface area contributed by atoms with Crippen molar-refractivity contribution in [3.8, 4) is 0 Å². The summed E-state index contributed by atoms with van der Waals surface area (Å²) < 4.78 is 5.19. The Balaban J connectivity index is 2.17. The first kappa shape index (κ1) is 19.6. The fraction of sp³-hybridized carbons (Fsp3) is 0.368. The maximum absolute atomic E-state index is 6.33. The summed E-state index contributed by atoms with van der Waals surface area (Å²) in [5.41, 5.74) is 3.09. The van der Waals surface area contributed by atoms with Gasteiger partial charge < -0.3 is 15.0 Å². The Morgan fingerprint density at radius 1 is 1.32 bits per heavy atom. The SMILES string of the molecule is COCCCN(C(=S)Nc1ccc(C)cc1Cl)[C@@H](C)c1ccncc1. The summed E-state index contributed by atoms with van der Waals surface area (Å²) >= 11 is 12.0. The number of hydrogen-bond acceptors (Lipinski definition) is 3. The molecule has 134 valence electrons. The van der Waals surface area contributed by atoms with Gasteiger partial charge in [0.2, 0.25) is 0 Å². The van der Waals surface area contributed by atoms with E-state index >= 15 is 0 Å². The first-order valence-electron chi connectivity index (χ1n) is 8.25. The highest BCUT2D eigenvalue weighted by molar-refractivity contribution is 7.80. The van der Waals surface area contributed by atoms with Crippen molar-refractivity contribution >= 4 is 34.6 Å². The lowest BCUT2D eigenvalue weighted by molar-refractivity contribution is 0.181. The Kier molecular flexibility index (Phi) is 7.62. The van der Waals surface area contributed by atoms with E-state index in [-0.39, 0.29) is 6.04 Å². The van der Waals surface area contributed by atoms with Crippen molar-refractivity contribution in [2.24, 2.45) is 0 Å². The predicted octanol–water partition coefficient (Wildman–Crippen LogP) is 4.84. The maximum Gasteiger partial charge on any atom is 0.173 e. The van der Waals surface area contributed by atoms with Crippen LogP contribution in [-0.4, -0.2) is 35.3 Å². The molecule has 0 spiro atoms. The smallest absolute Gasteiger partial charge is 0.173 e. The van der Waals surface area contributed by atoms with E-state index in [9.17, 15) is 0 Å². The van der Waals surface area contributed by atoms with E-state index in [4.69, 9.17) is 28.6 Å². The minimum atomic E-state index is 0.115. The number of methoxy groups -OCH3 is 1. The molecule has 0 fully saturated rings. The average Bonchev–Trinajstić information content (AvgIpc) is 2.61. The van der Waals surface area contributed by atoms with Crippen molar-refractivity contribution < 1.29 is 4.74 Å². The van der Waals surface area contributed by atoms with Gasteiger partial charge in [0.25, 0.3) is 0 Å². The molecule has 0 unspecified atom stereocenters. The van der Waals surface area contributed by atoms with Crippen molar-refractivity contribution in [3.63, 3.8) is 0 Å². The van der Waals surface area contributed by atoms with E-state index in [1.54, 1.807) is 19.5 Å². The molecule has 0 saturated heterocycles. The first-order chi connectivity index (χ1) is 12.0. The van der Waals surface area contributed by atoms with Crippen molar-refractivity contribution in [2.45, 2.75) is 26.3 Å².